The van der Waals surface area contributed by atoms with Gasteiger partial charge in [0.1, 0.15) is 11.3 Å². The number of unbranched alkanes of at least 4 members (excludes halogenated alkanes) is 13. The lowest BCUT2D eigenvalue weighted by atomic mass is 10.0. The molecule has 0 aliphatic rings. The molecule has 6 heteroatoms. The van der Waals surface area contributed by atoms with Crippen LogP contribution in [-0.4, -0.2) is 22.5 Å². The van der Waals surface area contributed by atoms with Crippen molar-refractivity contribution in [2.75, 3.05) is 6.54 Å². The highest BCUT2D eigenvalue weighted by molar-refractivity contribution is 5.94. The van der Waals surface area contributed by atoms with E-state index in [2.05, 4.69) is 27.5 Å². The molecule has 3 rings (SSSR count). The fourth-order valence-electron chi connectivity index (χ4n) is 4.64. The normalized spacial score (nSPS) is 11.4. The zero-order valence-corrected chi connectivity index (χ0v) is 23.0. The van der Waals surface area contributed by atoms with Gasteiger partial charge in [0.2, 0.25) is 0 Å². The minimum absolute atomic E-state index is 0.0567. The first-order valence-corrected chi connectivity index (χ1v) is 14.6. The average molecular weight is 517 g/mol. The Kier molecular flexibility index (Phi) is 13.3. The van der Waals surface area contributed by atoms with Crippen LogP contribution in [0, 0.1) is 0 Å². The Morgan fingerprint density at radius 3 is 2.00 bits per heavy atom. The zero-order valence-electron chi connectivity index (χ0n) is 23.0. The molecule has 1 heterocycles. The lowest BCUT2D eigenvalue weighted by Gasteiger charge is -2.06. The molecular weight excluding hydrogens is 472 g/mol. The summed E-state index contributed by atoms with van der Waals surface area (Å²) in [7, 11) is 0. The number of fused-ring (bicyclic) bond motifs is 1. The average Bonchev–Trinajstić information content (AvgIpc) is 2.95. The Hall–Kier alpha value is -3.28. The van der Waals surface area contributed by atoms with Crippen molar-refractivity contribution < 1.29 is 9.90 Å². The maximum Gasteiger partial charge on any atom is 0.251 e. The Morgan fingerprint density at radius 2 is 1.37 bits per heavy atom. The number of pyridine rings is 1. The summed E-state index contributed by atoms with van der Waals surface area (Å²) in [5.74, 6) is 0.0581. The van der Waals surface area contributed by atoms with Gasteiger partial charge in [0.05, 0.1) is 11.4 Å². The molecule has 0 bridgehead atoms. The number of carbonyl (C=O) groups is 1. The third kappa shape index (κ3) is 10.2. The van der Waals surface area contributed by atoms with Crippen LogP contribution >= 0.6 is 0 Å². The predicted octanol–water partition coefficient (Wildman–Crippen LogP) is 9.57. The minimum Gasteiger partial charge on any atom is -0.506 e. The maximum atomic E-state index is 12.5. The molecular formula is C32H44N4O2. The summed E-state index contributed by atoms with van der Waals surface area (Å²) in [6.07, 6.45) is 20.2. The van der Waals surface area contributed by atoms with Gasteiger partial charge in [-0.3, -0.25) is 9.78 Å². The Morgan fingerprint density at radius 1 is 0.763 bits per heavy atom. The summed E-state index contributed by atoms with van der Waals surface area (Å²) in [4.78, 5) is 16.7. The van der Waals surface area contributed by atoms with Crippen LogP contribution in [0.3, 0.4) is 0 Å². The van der Waals surface area contributed by atoms with Gasteiger partial charge in [0.25, 0.3) is 5.91 Å². The number of nitrogens with zero attached hydrogens (tertiary/aromatic N) is 3. The van der Waals surface area contributed by atoms with E-state index in [1.165, 1.54) is 83.5 Å². The van der Waals surface area contributed by atoms with Crippen molar-refractivity contribution in [3.8, 4) is 5.75 Å². The fraction of sp³-hybridized carbons (Fsp3) is 0.500. The topological polar surface area (TPSA) is 86.9 Å². The van der Waals surface area contributed by atoms with Crippen molar-refractivity contribution in [1.82, 2.24) is 10.3 Å². The lowest BCUT2D eigenvalue weighted by Crippen LogP contribution is -2.24. The molecule has 38 heavy (non-hydrogen) atoms. The first-order chi connectivity index (χ1) is 18.7. The summed E-state index contributed by atoms with van der Waals surface area (Å²) in [6.45, 7) is 2.98. The molecule has 2 aromatic carbocycles. The van der Waals surface area contributed by atoms with E-state index in [1.807, 2.05) is 6.07 Å². The van der Waals surface area contributed by atoms with Crippen molar-refractivity contribution in [1.29, 1.82) is 0 Å². The van der Waals surface area contributed by atoms with E-state index in [1.54, 1.807) is 48.7 Å². The largest absolute Gasteiger partial charge is 0.506 e. The number of nitrogens with one attached hydrogen (secondary N) is 1. The zero-order chi connectivity index (χ0) is 26.8. The molecule has 2 N–H and O–H groups in total. The molecule has 0 aliphatic heterocycles. The van der Waals surface area contributed by atoms with Crippen LogP contribution in [0.2, 0.25) is 0 Å². The van der Waals surface area contributed by atoms with Gasteiger partial charge in [0, 0.05) is 23.7 Å². The number of hydrogen-bond acceptors (Lipinski definition) is 5. The van der Waals surface area contributed by atoms with Gasteiger partial charge in [-0.2, -0.15) is 5.11 Å². The molecule has 1 aromatic heterocycles. The SMILES string of the molecule is CCCCCCCCCCCCCCCCNC(=O)c1ccc(N=Nc2ccc(O)c3ncccc23)cc1. The number of phenols is 1. The van der Waals surface area contributed by atoms with Crippen LogP contribution in [0.15, 0.2) is 65.0 Å². The van der Waals surface area contributed by atoms with Crippen LogP contribution in [0.1, 0.15) is 107 Å². The molecule has 0 spiro atoms. The number of rotatable bonds is 18. The third-order valence-electron chi connectivity index (χ3n) is 6.94. The summed E-state index contributed by atoms with van der Waals surface area (Å²) in [5.41, 5.74) is 2.39. The van der Waals surface area contributed by atoms with Crippen LogP contribution < -0.4 is 5.32 Å². The van der Waals surface area contributed by atoms with Crippen molar-refractivity contribution in [2.24, 2.45) is 10.2 Å². The molecule has 0 atom stereocenters. The number of carbonyl (C=O) groups excluding carboxylic acids is 1. The fourth-order valence-corrected chi connectivity index (χ4v) is 4.64. The quantitative estimate of drug-likeness (QED) is 0.130. The molecule has 0 saturated carbocycles. The standard InChI is InChI=1S/C32H44N4O2/c1-2-3-4-5-6-7-8-9-10-11-12-13-14-15-24-34-32(38)26-18-20-27(21-19-26)35-36-29-22-23-30(37)31-28(29)17-16-25-33-31/h16-23,25,37H,2-15,24H2,1H3,(H,34,38). The van der Waals surface area contributed by atoms with Crippen molar-refractivity contribution in [3.63, 3.8) is 0 Å². The smallest absolute Gasteiger partial charge is 0.251 e. The molecule has 1 amide bonds. The van der Waals surface area contributed by atoms with Crippen LogP contribution in [0.4, 0.5) is 11.4 Å². The summed E-state index contributed by atoms with van der Waals surface area (Å²) >= 11 is 0. The Labute approximate surface area is 228 Å². The van der Waals surface area contributed by atoms with Gasteiger partial charge < -0.3 is 10.4 Å². The number of aromatic hydroxyl groups is 1. The molecule has 6 nitrogen and oxygen atoms in total. The predicted molar refractivity (Wildman–Crippen MR) is 157 cm³/mol. The summed E-state index contributed by atoms with van der Waals surface area (Å²) in [6, 6.07) is 14.0. The number of hydrogen-bond donors (Lipinski definition) is 2. The summed E-state index contributed by atoms with van der Waals surface area (Å²) < 4.78 is 0. The van der Waals surface area contributed by atoms with Gasteiger partial charge in [-0.25, -0.2) is 0 Å². The van der Waals surface area contributed by atoms with Gasteiger partial charge in [-0.15, -0.1) is 5.11 Å². The molecule has 0 aliphatic carbocycles. The van der Waals surface area contributed by atoms with Gasteiger partial charge >= 0.3 is 0 Å². The molecule has 204 valence electrons. The lowest BCUT2D eigenvalue weighted by molar-refractivity contribution is 0.0953. The van der Waals surface area contributed by atoms with E-state index < -0.39 is 0 Å². The summed E-state index contributed by atoms with van der Waals surface area (Å²) in [5, 5.41) is 22.3. The Balaban J connectivity index is 1.26. The van der Waals surface area contributed by atoms with Crippen LogP contribution in [0.5, 0.6) is 5.75 Å². The monoisotopic (exact) mass is 516 g/mol. The Bertz CT molecular complexity index is 1130. The van der Waals surface area contributed by atoms with E-state index in [0.29, 0.717) is 29.0 Å². The van der Waals surface area contributed by atoms with E-state index in [0.717, 1.165) is 11.8 Å². The second-order valence-electron chi connectivity index (χ2n) is 10.1. The molecule has 0 unspecified atom stereocenters. The first-order valence-electron chi connectivity index (χ1n) is 14.6. The van der Waals surface area contributed by atoms with Crippen LogP contribution in [0.25, 0.3) is 10.9 Å². The van der Waals surface area contributed by atoms with Gasteiger partial charge in [-0.1, -0.05) is 90.4 Å². The highest BCUT2D eigenvalue weighted by atomic mass is 16.3. The molecule has 0 fully saturated rings. The van der Waals surface area contributed by atoms with E-state index >= 15 is 0 Å². The third-order valence-corrected chi connectivity index (χ3v) is 6.94. The molecule has 0 saturated heterocycles. The second-order valence-corrected chi connectivity index (χ2v) is 10.1. The van der Waals surface area contributed by atoms with Gasteiger partial charge in [0.15, 0.2) is 0 Å². The van der Waals surface area contributed by atoms with Crippen molar-refractivity contribution in [3.05, 3.63) is 60.3 Å². The van der Waals surface area contributed by atoms with Crippen molar-refractivity contribution >= 4 is 28.2 Å². The van der Waals surface area contributed by atoms with E-state index in [9.17, 15) is 9.90 Å². The number of phenolic OH excluding ortho intramolecular Hbond substituents is 1. The highest BCUT2D eigenvalue weighted by Gasteiger charge is 2.07. The number of aromatic nitrogens is 1. The van der Waals surface area contributed by atoms with E-state index in [4.69, 9.17) is 0 Å². The van der Waals surface area contributed by atoms with Crippen LogP contribution in [-0.2, 0) is 0 Å². The minimum atomic E-state index is -0.0567. The van der Waals surface area contributed by atoms with E-state index in [-0.39, 0.29) is 11.7 Å². The highest BCUT2D eigenvalue weighted by Crippen LogP contribution is 2.31. The number of benzene rings is 2. The van der Waals surface area contributed by atoms with Crippen molar-refractivity contribution in [2.45, 2.75) is 96.8 Å². The second kappa shape index (κ2) is 17.3. The number of amides is 1. The maximum absolute atomic E-state index is 12.5. The molecule has 0 radical (unpaired) electrons. The first kappa shape index (κ1) is 29.3. The molecule has 3 aromatic rings. The van der Waals surface area contributed by atoms with Gasteiger partial charge in [-0.05, 0) is 55.0 Å². The number of azo groups is 1.